The van der Waals surface area contributed by atoms with Gasteiger partial charge in [0.15, 0.2) is 6.61 Å². The van der Waals surface area contributed by atoms with E-state index >= 15 is 0 Å². The summed E-state index contributed by atoms with van der Waals surface area (Å²) in [5, 5.41) is 2.79. The first-order valence-electron chi connectivity index (χ1n) is 5.39. The maximum atomic E-state index is 11.6. The topological polar surface area (TPSA) is 90.1 Å². The highest BCUT2D eigenvalue weighted by Gasteiger charge is 2.05. The van der Waals surface area contributed by atoms with Gasteiger partial charge in [0.05, 0.1) is 0 Å². The highest BCUT2D eigenvalue weighted by atomic mass is 35.5. The quantitative estimate of drug-likeness (QED) is 0.656. The van der Waals surface area contributed by atoms with E-state index in [1.54, 1.807) is 24.3 Å². The molecule has 98 valence electrons. The van der Waals surface area contributed by atoms with Crippen molar-refractivity contribution in [3.05, 3.63) is 41.8 Å². The van der Waals surface area contributed by atoms with E-state index in [1.165, 1.54) is 12.4 Å². The summed E-state index contributed by atoms with van der Waals surface area (Å²) in [6, 6.07) is 8.20. The van der Waals surface area contributed by atoms with Gasteiger partial charge in [0.1, 0.15) is 23.0 Å². The van der Waals surface area contributed by atoms with Gasteiger partial charge in [-0.15, -0.1) is 0 Å². The standard InChI is InChI=1S/C12H11ClN4O2/c13-10-5-11(16-7-15-10)17-12(18)6-19-9-3-1-8(14)2-4-9/h1-5,7H,6,14H2,(H,15,16,17,18). The van der Waals surface area contributed by atoms with Gasteiger partial charge in [0.2, 0.25) is 0 Å². The molecule has 0 saturated carbocycles. The number of rotatable bonds is 4. The molecule has 0 atom stereocenters. The molecular weight excluding hydrogens is 268 g/mol. The van der Waals surface area contributed by atoms with Crippen molar-refractivity contribution in [2.24, 2.45) is 0 Å². The second-order valence-electron chi connectivity index (χ2n) is 3.63. The maximum Gasteiger partial charge on any atom is 0.263 e. The Labute approximate surface area is 114 Å². The van der Waals surface area contributed by atoms with Crippen LogP contribution in [0.15, 0.2) is 36.7 Å². The fourth-order valence-electron chi connectivity index (χ4n) is 1.29. The van der Waals surface area contributed by atoms with Crippen LogP contribution >= 0.6 is 11.6 Å². The smallest absolute Gasteiger partial charge is 0.263 e. The van der Waals surface area contributed by atoms with E-state index in [0.29, 0.717) is 17.3 Å². The molecule has 0 unspecified atom stereocenters. The molecule has 2 aromatic rings. The second-order valence-corrected chi connectivity index (χ2v) is 4.02. The van der Waals surface area contributed by atoms with Crippen molar-refractivity contribution in [1.29, 1.82) is 0 Å². The molecule has 2 rings (SSSR count). The first-order valence-corrected chi connectivity index (χ1v) is 5.77. The largest absolute Gasteiger partial charge is 0.484 e. The normalized spacial score (nSPS) is 9.95. The summed E-state index contributed by atoms with van der Waals surface area (Å²) in [7, 11) is 0. The molecule has 0 aliphatic heterocycles. The third-order valence-electron chi connectivity index (χ3n) is 2.15. The summed E-state index contributed by atoms with van der Waals surface area (Å²) in [6.07, 6.45) is 1.26. The van der Waals surface area contributed by atoms with Crippen molar-refractivity contribution in [3.8, 4) is 5.75 Å². The number of nitrogens with two attached hydrogens (primary N) is 1. The number of benzene rings is 1. The molecule has 0 spiro atoms. The molecule has 1 amide bonds. The molecule has 1 aromatic carbocycles. The Balaban J connectivity index is 1.86. The lowest BCUT2D eigenvalue weighted by Crippen LogP contribution is -2.20. The molecule has 0 aliphatic rings. The van der Waals surface area contributed by atoms with Gasteiger partial charge in [-0.1, -0.05) is 11.6 Å². The number of amides is 1. The van der Waals surface area contributed by atoms with Crippen molar-refractivity contribution in [2.75, 3.05) is 17.7 Å². The number of anilines is 2. The van der Waals surface area contributed by atoms with Crippen LogP contribution in [-0.2, 0) is 4.79 Å². The van der Waals surface area contributed by atoms with Crippen LogP contribution in [0.25, 0.3) is 0 Å². The van der Waals surface area contributed by atoms with E-state index in [1.807, 2.05) is 0 Å². The Morgan fingerprint density at radius 2 is 2.05 bits per heavy atom. The maximum absolute atomic E-state index is 11.6. The number of hydrogen-bond donors (Lipinski definition) is 2. The highest BCUT2D eigenvalue weighted by molar-refractivity contribution is 6.29. The van der Waals surface area contributed by atoms with Crippen molar-refractivity contribution >= 4 is 29.0 Å². The van der Waals surface area contributed by atoms with Crippen LogP contribution in [0.4, 0.5) is 11.5 Å². The Morgan fingerprint density at radius 1 is 1.32 bits per heavy atom. The second kappa shape index (κ2) is 6.01. The molecule has 6 nitrogen and oxygen atoms in total. The van der Waals surface area contributed by atoms with Crippen LogP contribution in [0, 0.1) is 0 Å². The minimum atomic E-state index is -0.341. The van der Waals surface area contributed by atoms with Crippen molar-refractivity contribution in [1.82, 2.24) is 9.97 Å². The molecule has 0 saturated heterocycles. The van der Waals surface area contributed by atoms with Crippen LogP contribution in [0.2, 0.25) is 5.15 Å². The number of carbonyl (C=O) groups excluding carboxylic acids is 1. The Hall–Kier alpha value is -2.34. The van der Waals surface area contributed by atoms with E-state index in [4.69, 9.17) is 22.1 Å². The number of nitrogen functional groups attached to an aromatic ring is 1. The van der Waals surface area contributed by atoms with Crippen LogP contribution in [0.3, 0.4) is 0 Å². The molecule has 0 radical (unpaired) electrons. The van der Waals surface area contributed by atoms with Gasteiger partial charge in [-0.3, -0.25) is 4.79 Å². The minimum absolute atomic E-state index is 0.133. The zero-order chi connectivity index (χ0) is 13.7. The van der Waals surface area contributed by atoms with Gasteiger partial charge in [0.25, 0.3) is 5.91 Å². The van der Waals surface area contributed by atoms with E-state index in [-0.39, 0.29) is 17.7 Å². The fourth-order valence-corrected chi connectivity index (χ4v) is 1.44. The van der Waals surface area contributed by atoms with E-state index < -0.39 is 0 Å². The average molecular weight is 279 g/mol. The van der Waals surface area contributed by atoms with Crippen molar-refractivity contribution < 1.29 is 9.53 Å². The third kappa shape index (κ3) is 4.11. The monoisotopic (exact) mass is 278 g/mol. The SMILES string of the molecule is Nc1ccc(OCC(=O)Nc2cc(Cl)ncn2)cc1. The summed E-state index contributed by atoms with van der Waals surface area (Å²) in [6.45, 7) is -0.133. The number of halogens is 1. The first-order chi connectivity index (χ1) is 9.13. The van der Waals surface area contributed by atoms with Crippen LogP contribution in [-0.4, -0.2) is 22.5 Å². The molecule has 1 aromatic heterocycles. The lowest BCUT2D eigenvalue weighted by atomic mass is 10.3. The van der Waals surface area contributed by atoms with E-state index in [9.17, 15) is 4.79 Å². The number of hydrogen-bond acceptors (Lipinski definition) is 5. The third-order valence-corrected chi connectivity index (χ3v) is 2.36. The number of carbonyl (C=O) groups is 1. The average Bonchev–Trinajstić information content (AvgIpc) is 2.38. The van der Waals surface area contributed by atoms with E-state index in [0.717, 1.165) is 0 Å². The van der Waals surface area contributed by atoms with Gasteiger partial charge in [-0.2, -0.15) is 0 Å². The fraction of sp³-hybridized carbons (Fsp3) is 0.0833. The molecule has 0 bridgehead atoms. The predicted octanol–water partition coefficient (Wildman–Crippen LogP) is 1.73. The molecule has 19 heavy (non-hydrogen) atoms. The Bertz CT molecular complexity index is 574. The van der Waals surface area contributed by atoms with Gasteiger partial charge in [-0.25, -0.2) is 9.97 Å². The predicted molar refractivity (Wildman–Crippen MR) is 72.0 cm³/mol. The number of ether oxygens (including phenoxy) is 1. The number of aromatic nitrogens is 2. The molecule has 1 heterocycles. The van der Waals surface area contributed by atoms with Crippen LogP contribution in [0.5, 0.6) is 5.75 Å². The lowest BCUT2D eigenvalue weighted by molar-refractivity contribution is -0.118. The molecule has 3 N–H and O–H groups in total. The molecule has 0 aliphatic carbocycles. The Morgan fingerprint density at radius 3 is 2.74 bits per heavy atom. The van der Waals surface area contributed by atoms with Gasteiger partial charge in [0, 0.05) is 11.8 Å². The lowest BCUT2D eigenvalue weighted by Gasteiger charge is -2.07. The number of nitrogens with one attached hydrogen (secondary N) is 1. The molecular formula is C12H11ClN4O2. The summed E-state index contributed by atoms with van der Waals surface area (Å²) in [5.74, 6) is 0.544. The Kier molecular flexibility index (Phi) is 4.15. The van der Waals surface area contributed by atoms with Gasteiger partial charge >= 0.3 is 0 Å². The van der Waals surface area contributed by atoms with Crippen molar-refractivity contribution in [2.45, 2.75) is 0 Å². The first kappa shape index (κ1) is 13.1. The highest BCUT2D eigenvalue weighted by Crippen LogP contribution is 2.13. The summed E-state index contributed by atoms with van der Waals surface area (Å²) in [5.41, 5.74) is 6.17. The van der Waals surface area contributed by atoms with Crippen LogP contribution < -0.4 is 15.8 Å². The zero-order valence-corrected chi connectivity index (χ0v) is 10.6. The van der Waals surface area contributed by atoms with Crippen LogP contribution in [0.1, 0.15) is 0 Å². The van der Waals surface area contributed by atoms with E-state index in [2.05, 4.69) is 15.3 Å². The summed E-state index contributed by atoms with van der Waals surface area (Å²) in [4.78, 5) is 19.2. The van der Waals surface area contributed by atoms with Crippen molar-refractivity contribution in [3.63, 3.8) is 0 Å². The summed E-state index contributed by atoms with van der Waals surface area (Å²) < 4.78 is 5.28. The van der Waals surface area contributed by atoms with Gasteiger partial charge in [-0.05, 0) is 24.3 Å². The summed E-state index contributed by atoms with van der Waals surface area (Å²) >= 11 is 5.67. The molecule has 0 fully saturated rings. The number of nitrogens with zero attached hydrogens (tertiary/aromatic N) is 2. The zero-order valence-electron chi connectivity index (χ0n) is 9.84. The molecule has 7 heteroatoms. The van der Waals surface area contributed by atoms with Gasteiger partial charge < -0.3 is 15.8 Å². The minimum Gasteiger partial charge on any atom is -0.484 e.